The van der Waals surface area contributed by atoms with Crippen molar-refractivity contribution < 1.29 is 0 Å². The average Bonchev–Trinajstić information content (AvgIpc) is 3.43. The van der Waals surface area contributed by atoms with Crippen LogP contribution in [0.3, 0.4) is 0 Å². The van der Waals surface area contributed by atoms with Crippen molar-refractivity contribution in [3.63, 3.8) is 0 Å². The van der Waals surface area contributed by atoms with E-state index in [1.807, 2.05) is 0 Å². The average molecular weight is 649 g/mol. The van der Waals surface area contributed by atoms with Crippen LogP contribution in [0.5, 0.6) is 0 Å². The van der Waals surface area contributed by atoms with E-state index in [-0.39, 0.29) is 5.66 Å². The van der Waals surface area contributed by atoms with Crippen LogP contribution in [-0.2, 0) is 5.66 Å². The Morgan fingerprint density at radius 2 is 0.902 bits per heavy atom. The van der Waals surface area contributed by atoms with Gasteiger partial charge in [0.2, 0.25) is 0 Å². The molecule has 0 N–H and O–H groups in total. The quantitative estimate of drug-likeness (QED) is 0.180. The zero-order chi connectivity index (χ0) is 33.6. The topological polar surface area (TPSA) is 9.86 Å². The Morgan fingerprint density at radius 3 is 1.57 bits per heavy atom. The van der Waals surface area contributed by atoms with Crippen LogP contribution in [0.4, 0.5) is 0 Å². The summed E-state index contributed by atoms with van der Waals surface area (Å²) >= 11 is 0. The van der Waals surface area contributed by atoms with Gasteiger partial charge in [-0.25, -0.2) is 0 Å². The van der Waals surface area contributed by atoms with E-state index in [0.29, 0.717) is 0 Å². The van der Waals surface area contributed by atoms with Gasteiger partial charge in [-0.05, 0) is 105 Å². The van der Waals surface area contributed by atoms with Gasteiger partial charge in [-0.3, -0.25) is 0 Å². The van der Waals surface area contributed by atoms with Crippen molar-refractivity contribution in [2.45, 2.75) is 19.5 Å². The minimum Gasteiger partial charge on any atom is -0.316 e. The smallest absolute Gasteiger partial charge is 0.116 e. The highest BCUT2D eigenvalue weighted by Crippen LogP contribution is 2.57. The Balaban J connectivity index is 1.07. The van der Waals surface area contributed by atoms with E-state index in [2.05, 4.69) is 181 Å². The Morgan fingerprint density at radius 1 is 0.373 bits per heavy atom. The van der Waals surface area contributed by atoms with Gasteiger partial charge in [0.25, 0.3) is 0 Å². The number of rotatable bonds is 4. The number of nitrogens with zero attached hydrogens (tertiary/aromatic N) is 2. The zero-order valence-corrected chi connectivity index (χ0v) is 28.4. The van der Waals surface area contributed by atoms with Gasteiger partial charge in [0, 0.05) is 26.9 Å². The van der Waals surface area contributed by atoms with Crippen molar-refractivity contribution in [1.82, 2.24) is 9.13 Å². The highest BCUT2D eigenvalue weighted by Gasteiger charge is 2.36. The predicted molar refractivity (Wildman–Crippen MR) is 215 cm³/mol. The van der Waals surface area contributed by atoms with Crippen molar-refractivity contribution in [2.75, 3.05) is 0 Å². The van der Waals surface area contributed by atoms with E-state index in [0.717, 1.165) is 0 Å². The molecule has 2 aromatic heterocycles. The van der Waals surface area contributed by atoms with Crippen LogP contribution >= 0.6 is 0 Å². The van der Waals surface area contributed by atoms with Crippen molar-refractivity contribution >= 4 is 54.4 Å². The molecule has 51 heavy (non-hydrogen) atoms. The molecular weight excluding hydrogens is 617 g/mol. The molecule has 0 fully saturated rings. The van der Waals surface area contributed by atoms with Gasteiger partial charge in [0.1, 0.15) is 5.66 Å². The fourth-order valence-electron chi connectivity index (χ4n) is 9.55. The second-order valence-corrected chi connectivity index (χ2v) is 14.9. The minimum absolute atomic E-state index is 0.331. The molecule has 3 heterocycles. The van der Waals surface area contributed by atoms with Crippen LogP contribution in [0.25, 0.3) is 110 Å². The first-order valence-electron chi connectivity index (χ1n) is 17.9. The summed E-state index contributed by atoms with van der Waals surface area (Å²) in [5, 5.41) is 7.93. The molecule has 0 saturated carbocycles. The summed E-state index contributed by atoms with van der Waals surface area (Å²) < 4.78 is 5.23. The van der Waals surface area contributed by atoms with Crippen LogP contribution in [0, 0.1) is 0 Å². The molecule has 3 aliphatic rings. The van der Waals surface area contributed by atoms with Crippen molar-refractivity contribution in [3.05, 3.63) is 158 Å². The fourth-order valence-corrected chi connectivity index (χ4v) is 9.55. The van der Waals surface area contributed by atoms with Gasteiger partial charge in [0.15, 0.2) is 0 Å². The molecule has 0 spiro atoms. The van der Waals surface area contributed by atoms with Gasteiger partial charge >= 0.3 is 0 Å². The highest BCUT2D eigenvalue weighted by atomic mass is 15.3. The van der Waals surface area contributed by atoms with Crippen LogP contribution in [0.1, 0.15) is 13.8 Å². The van der Waals surface area contributed by atoms with Crippen LogP contribution in [0.15, 0.2) is 158 Å². The number of benzene rings is 8. The third kappa shape index (κ3) is 3.51. The first-order chi connectivity index (χ1) is 25.1. The molecule has 0 radical (unpaired) electrons. The molecule has 2 heteroatoms. The standard InChI is InChI=1S/C49H32N2/c1-49(2)50-42-24-18-34(33-15-9-14-32(26-33)29-10-5-3-6-11-29)27-40(42)37-20-16-31-17-21-38-41-28-35(19-25-43(41)51(49)48(38)45(31)47(37)50)44-39-23-22-36(46(39)44)30-12-7-4-8-13-30/h3-28H,1-2H3. The third-order valence-corrected chi connectivity index (χ3v) is 11.8. The molecule has 1 aliphatic heterocycles. The summed E-state index contributed by atoms with van der Waals surface area (Å²) in [6.07, 6.45) is 0. The molecular formula is C49H32N2. The Kier molecular flexibility index (Phi) is 5.08. The highest BCUT2D eigenvalue weighted by molar-refractivity contribution is 6.29. The minimum atomic E-state index is -0.331. The largest absolute Gasteiger partial charge is 0.316 e. The lowest BCUT2D eigenvalue weighted by atomic mass is 9.97. The fraction of sp³-hybridized carbons (Fsp3) is 0.0612. The molecule has 9 aromatic rings. The van der Waals surface area contributed by atoms with E-state index < -0.39 is 0 Å². The van der Waals surface area contributed by atoms with E-state index >= 15 is 0 Å². The lowest BCUT2D eigenvalue weighted by Gasteiger charge is -2.36. The second-order valence-electron chi connectivity index (χ2n) is 14.9. The maximum atomic E-state index is 2.62. The summed E-state index contributed by atoms with van der Waals surface area (Å²) in [5.41, 5.74) is 18.0. The molecule has 0 atom stereocenters. The summed E-state index contributed by atoms with van der Waals surface area (Å²) in [6.45, 7) is 4.78. The number of hydrogen-bond donors (Lipinski definition) is 0. The molecule has 0 bridgehead atoms. The van der Waals surface area contributed by atoms with Gasteiger partial charge in [0.05, 0.1) is 22.1 Å². The summed E-state index contributed by atoms with van der Waals surface area (Å²) in [6, 6.07) is 58.6. The molecule has 2 aliphatic carbocycles. The lowest BCUT2D eigenvalue weighted by Crippen LogP contribution is -2.36. The van der Waals surface area contributed by atoms with Crippen LogP contribution in [0.2, 0.25) is 0 Å². The summed E-state index contributed by atoms with van der Waals surface area (Å²) in [4.78, 5) is 0. The molecule has 12 rings (SSSR count). The normalized spacial score (nSPS) is 13.8. The Labute approximate surface area is 295 Å². The Hall–Kier alpha value is -6.38. The third-order valence-electron chi connectivity index (χ3n) is 11.8. The summed E-state index contributed by atoms with van der Waals surface area (Å²) in [7, 11) is 0. The first-order valence-corrected chi connectivity index (χ1v) is 17.9. The number of aromatic nitrogens is 2. The maximum Gasteiger partial charge on any atom is 0.116 e. The molecule has 0 amide bonds. The van der Waals surface area contributed by atoms with Crippen molar-refractivity contribution in [1.29, 1.82) is 0 Å². The van der Waals surface area contributed by atoms with E-state index in [1.165, 1.54) is 110 Å². The van der Waals surface area contributed by atoms with Crippen molar-refractivity contribution in [3.8, 4) is 55.6 Å². The molecule has 0 unspecified atom stereocenters. The maximum absolute atomic E-state index is 2.62. The number of hydrogen-bond acceptors (Lipinski definition) is 0. The zero-order valence-electron chi connectivity index (χ0n) is 28.4. The van der Waals surface area contributed by atoms with Gasteiger partial charge < -0.3 is 9.13 Å². The van der Waals surface area contributed by atoms with Gasteiger partial charge in [-0.15, -0.1) is 0 Å². The SMILES string of the molecule is CC1(C)n2c3ccc(-c4cccc(-c5ccccc5)c4)cc3c3ccc4ccc5c6cc(-c7c8ccc(-c9ccccc9)c7-8)ccc6n1c5c4c32. The molecule has 2 nitrogen and oxygen atoms in total. The number of fused-ring (bicyclic) bond motifs is 7. The second kappa shape index (κ2) is 9.44. The molecule has 0 saturated heterocycles. The predicted octanol–water partition coefficient (Wildman–Crippen LogP) is 13.3. The van der Waals surface area contributed by atoms with Crippen molar-refractivity contribution in [2.24, 2.45) is 0 Å². The first kappa shape index (κ1) is 27.4. The van der Waals surface area contributed by atoms with E-state index in [1.54, 1.807) is 0 Å². The van der Waals surface area contributed by atoms with E-state index in [9.17, 15) is 0 Å². The van der Waals surface area contributed by atoms with E-state index in [4.69, 9.17) is 0 Å². The summed E-state index contributed by atoms with van der Waals surface area (Å²) in [5.74, 6) is 0. The molecule has 7 aromatic carbocycles. The van der Waals surface area contributed by atoms with Gasteiger partial charge in [-0.2, -0.15) is 0 Å². The Bertz CT molecular complexity index is 3020. The molecule has 238 valence electrons. The lowest BCUT2D eigenvalue weighted by molar-refractivity contribution is 0.328. The van der Waals surface area contributed by atoms with Crippen LogP contribution in [-0.4, -0.2) is 9.13 Å². The van der Waals surface area contributed by atoms with Crippen LogP contribution < -0.4 is 0 Å². The van der Waals surface area contributed by atoms with Gasteiger partial charge in [-0.1, -0.05) is 127 Å². The monoisotopic (exact) mass is 648 g/mol.